The molecule has 0 saturated carbocycles. The number of amides is 1. The summed E-state index contributed by atoms with van der Waals surface area (Å²) in [6.45, 7) is 8.40. The van der Waals surface area contributed by atoms with E-state index in [0.717, 1.165) is 62.5 Å². The standard InChI is InChI=1S/C30H49N3O4S/c1-4-5-6-7-8-9-10-11-28-31-29(36)30(32-28)14-16-33(17-15-30)38-19-13-27-23(2)20-26(21-24(27)3)37-18-12-25(35)22-34/h20-21,25,34-35H,4-19,22H2,1-3H3,(H,31,32,36). The molecule has 3 N–H and O–H groups in total. The van der Waals surface area contributed by atoms with Gasteiger partial charge in [0.15, 0.2) is 0 Å². The van der Waals surface area contributed by atoms with Crippen molar-refractivity contribution >= 4 is 23.7 Å². The smallest absolute Gasteiger partial charge is 0.253 e. The Morgan fingerprint density at radius 3 is 2.39 bits per heavy atom. The Balaban J connectivity index is 1.38. The van der Waals surface area contributed by atoms with Gasteiger partial charge in [0, 0.05) is 31.7 Å². The van der Waals surface area contributed by atoms with E-state index in [1.807, 2.05) is 11.9 Å². The molecule has 2 aliphatic rings. The maximum absolute atomic E-state index is 12.8. The number of rotatable bonds is 17. The summed E-state index contributed by atoms with van der Waals surface area (Å²) >= 11 is 1.87. The highest BCUT2D eigenvalue weighted by Gasteiger charge is 2.45. The van der Waals surface area contributed by atoms with Crippen LogP contribution in [-0.2, 0) is 11.2 Å². The molecule has 0 aromatic heterocycles. The van der Waals surface area contributed by atoms with E-state index in [1.54, 1.807) is 0 Å². The van der Waals surface area contributed by atoms with Crippen LogP contribution < -0.4 is 10.1 Å². The molecule has 2 aliphatic heterocycles. The molecular formula is C30H49N3O4S. The van der Waals surface area contributed by atoms with E-state index in [1.165, 1.54) is 55.2 Å². The topological polar surface area (TPSA) is 94.4 Å². The Morgan fingerprint density at radius 2 is 1.74 bits per heavy atom. The molecule has 0 aliphatic carbocycles. The number of piperidine rings is 1. The first kappa shape index (κ1) is 30.9. The number of aryl methyl sites for hydroxylation is 2. The maximum atomic E-state index is 12.8. The highest BCUT2D eigenvalue weighted by atomic mass is 32.2. The second-order valence-corrected chi connectivity index (χ2v) is 12.1. The number of carbonyl (C=O) groups is 1. The van der Waals surface area contributed by atoms with E-state index in [2.05, 4.69) is 42.5 Å². The van der Waals surface area contributed by atoms with Crippen LogP contribution in [0.25, 0.3) is 0 Å². The van der Waals surface area contributed by atoms with Gasteiger partial charge in [-0.25, -0.2) is 0 Å². The summed E-state index contributed by atoms with van der Waals surface area (Å²) in [5.74, 6) is 2.83. The van der Waals surface area contributed by atoms with E-state index >= 15 is 0 Å². The normalized spacial score (nSPS) is 18.0. The fourth-order valence-corrected chi connectivity index (χ4v) is 6.38. The lowest BCUT2D eigenvalue weighted by Crippen LogP contribution is -2.47. The number of aliphatic imine (C=N–C) groups is 1. The minimum absolute atomic E-state index is 0.111. The highest BCUT2D eigenvalue weighted by Crippen LogP contribution is 2.33. The van der Waals surface area contributed by atoms with Crippen molar-refractivity contribution in [1.29, 1.82) is 0 Å². The lowest BCUT2D eigenvalue weighted by molar-refractivity contribution is -0.124. The van der Waals surface area contributed by atoms with Gasteiger partial charge in [-0.05, 0) is 68.4 Å². The number of hydrogen-bond acceptors (Lipinski definition) is 7. The quantitative estimate of drug-likeness (QED) is 0.185. The fraction of sp³-hybridized carbons (Fsp3) is 0.733. The van der Waals surface area contributed by atoms with Crippen molar-refractivity contribution in [3.63, 3.8) is 0 Å². The van der Waals surface area contributed by atoms with Crippen molar-refractivity contribution in [3.8, 4) is 5.75 Å². The predicted molar refractivity (Wildman–Crippen MR) is 157 cm³/mol. The van der Waals surface area contributed by atoms with E-state index in [9.17, 15) is 9.90 Å². The van der Waals surface area contributed by atoms with Gasteiger partial charge < -0.3 is 20.3 Å². The van der Waals surface area contributed by atoms with Crippen LogP contribution >= 0.6 is 11.9 Å². The molecule has 1 saturated heterocycles. The van der Waals surface area contributed by atoms with Gasteiger partial charge in [-0.3, -0.25) is 14.1 Å². The number of amidine groups is 1. The number of unbranched alkanes of at least 4 members (excludes halogenated alkanes) is 6. The lowest BCUT2D eigenvalue weighted by atomic mass is 9.89. The van der Waals surface area contributed by atoms with Gasteiger partial charge in [0.1, 0.15) is 17.1 Å². The SMILES string of the molecule is CCCCCCCCCC1=NC2(CCN(SCCc3c(C)cc(OCCC(O)CO)cc3C)CC2)C(=O)N1. The summed E-state index contributed by atoms with van der Waals surface area (Å²) in [5.41, 5.74) is 3.24. The van der Waals surface area contributed by atoms with Crippen molar-refractivity contribution in [3.05, 3.63) is 28.8 Å². The summed E-state index contributed by atoms with van der Waals surface area (Å²) in [6.07, 6.45) is 12.0. The number of nitrogens with zero attached hydrogens (tertiary/aromatic N) is 2. The zero-order valence-electron chi connectivity index (χ0n) is 23.8. The molecular weight excluding hydrogens is 498 g/mol. The van der Waals surface area contributed by atoms with Crippen LogP contribution in [0.2, 0.25) is 0 Å². The average molecular weight is 548 g/mol. The third kappa shape index (κ3) is 9.25. The third-order valence-electron chi connectivity index (χ3n) is 7.82. The molecule has 1 spiro atoms. The van der Waals surface area contributed by atoms with Crippen LogP contribution in [0.15, 0.2) is 17.1 Å². The molecule has 8 heteroatoms. The van der Waals surface area contributed by atoms with Gasteiger partial charge in [0.25, 0.3) is 5.91 Å². The van der Waals surface area contributed by atoms with Crippen molar-refractivity contribution in [2.75, 3.05) is 32.1 Å². The van der Waals surface area contributed by atoms with E-state index in [0.29, 0.717) is 13.0 Å². The van der Waals surface area contributed by atoms with Crippen LogP contribution in [0.1, 0.15) is 94.2 Å². The fourth-order valence-electron chi connectivity index (χ4n) is 5.39. The predicted octanol–water partition coefficient (Wildman–Crippen LogP) is 5.12. The zero-order chi connectivity index (χ0) is 27.4. The monoisotopic (exact) mass is 547 g/mol. The largest absolute Gasteiger partial charge is 0.493 e. The average Bonchev–Trinajstić information content (AvgIpc) is 3.20. The van der Waals surface area contributed by atoms with Crippen molar-refractivity contribution in [2.45, 2.75) is 109 Å². The first-order chi connectivity index (χ1) is 18.4. The number of benzene rings is 1. The minimum Gasteiger partial charge on any atom is -0.493 e. The summed E-state index contributed by atoms with van der Waals surface area (Å²) in [4.78, 5) is 17.7. The van der Waals surface area contributed by atoms with Crippen molar-refractivity contribution in [2.24, 2.45) is 4.99 Å². The Bertz CT molecular complexity index is 892. The number of nitrogens with one attached hydrogen (secondary N) is 1. The van der Waals surface area contributed by atoms with E-state index in [-0.39, 0.29) is 12.5 Å². The van der Waals surface area contributed by atoms with Crippen molar-refractivity contribution < 1.29 is 19.7 Å². The Hall–Kier alpha value is -1.61. The van der Waals surface area contributed by atoms with Crippen LogP contribution in [0.3, 0.4) is 0 Å². The Morgan fingerprint density at radius 1 is 1.08 bits per heavy atom. The van der Waals surface area contributed by atoms with E-state index in [4.69, 9.17) is 14.8 Å². The van der Waals surface area contributed by atoms with Gasteiger partial charge in [-0.2, -0.15) is 0 Å². The minimum atomic E-state index is -0.732. The Labute approximate surface area is 234 Å². The first-order valence-corrected chi connectivity index (χ1v) is 15.6. The molecule has 1 amide bonds. The summed E-state index contributed by atoms with van der Waals surface area (Å²) in [5, 5.41) is 21.5. The van der Waals surface area contributed by atoms with Gasteiger partial charge in [-0.15, -0.1) is 0 Å². The zero-order valence-corrected chi connectivity index (χ0v) is 24.6. The molecule has 0 bridgehead atoms. The molecule has 1 unspecified atom stereocenters. The van der Waals surface area contributed by atoms with Crippen LogP contribution in [0.4, 0.5) is 0 Å². The number of aliphatic hydroxyl groups is 2. The molecule has 0 radical (unpaired) electrons. The van der Waals surface area contributed by atoms with Crippen LogP contribution in [0, 0.1) is 13.8 Å². The number of aliphatic hydroxyl groups excluding tert-OH is 2. The summed E-state index contributed by atoms with van der Waals surface area (Å²) in [7, 11) is 0. The lowest BCUT2D eigenvalue weighted by Gasteiger charge is -2.34. The van der Waals surface area contributed by atoms with Crippen LogP contribution in [0.5, 0.6) is 5.75 Å². The molecule has 2 heterocycles. The summed E-state index contributed by atoms with van der Waals surface area (Å²) in [6, 6.07) is 4.12. The van der Waals surface area contributed by atoms with Gasteiger partial charge >= 0.3 is 0 Å². The first-order valence-electron chi connectivity index (χ1n) is 14.7. The number of carbonyl (C=O) groups excluding carboxylic acids is 1. The summed E-state index contributed by atoms with van der Waals surface area (Å²) < 4.78 is 8.17. The second kappa shape index (κ2) is 15.8. The molecule has 3 rings (SSSR count). The second-order valence-electron chi connectivity index (χ2n) is 10.9. The van der Waals surface area contributed by atoms with Gasteiger partial charge in [0.05, 0.1) is 19.3 Å². The molecule has 7 nitrogen and oxygen atoms in total. The number of hydrogen-bond donors (Lipinski definition) is 3. The third-order valence-corrected chi connectivity index (χ3v) is 8.94. The van der Waals surface area contributed by atoms with Gasteiger partial charge in [0.2, 0.25) is 0 Å². The van der Waals surface area contributed by atoms with Crippen molar-refractivity contribution in [1.82, 2.24) is 9.62 Å². The molecule has 214 valence electrons. The highest BCUT2D eigenvalue weighted by molar-refractivity contribution is 7.97. The van der Waals surface area contributed by atoms with Crippen LogP contribution in [-0.4, -0.2) is 70.0 Å². The van der Waals surface area contributed by atoms with Gasteiger partial charge in [-0.1, -0.05) is 57.4 Å². The molecule has 1 fully saturated rings. The molecule has 1 aromatic rings. The van der Waals surface area contributed by atoms with E-state index < -0.39 is 11.6 Å². The Kier molecular flexibility index (Phi) is 12.9. The number of ether oxygens (including phenoxy) is 1. The molecule has 1 atom stereocenters. The maximum Gasteiger partial charge on any atom is 0.253 e. The molecule has 38 heavy (non-hydrogen) atoms. The molecule has 1 aromatic carbocycles.